The third kappa shape index (κ3) is 3.67. The first kappa shape index (κ1) is 17.9. The topological polar surface area (TPSA) is 64.0 Å². The highest BCUT2D eigenvalue weighted by atomic mass is 16.2. The molecule has 26 heavy (non-hydrogen) atoms. The van der Waals surface area contributed by atoms with Crippen molar-refractivity contribution in [3.63, 3.8) is 0 Å². The molecule has 0 saturated heterocycles. The second-order valence-electron chi connectivity index (χ2n) is 6.89. The number of carbonyl (C=O) groups excluding carboxylic acids is 1. The molecule has 134 valence electrons. The summed E-state index contributed by atoms with van der Waals surface area (Å²) in [5, 5.41) is 8.39. The summed E-state index contributed by atoms with van der Waals surface area (Å²) < 4.78 is 1.22. The summed E-state index contributed by atoms with van der Waals surface area (Å²) in [5.41, 5.74) is 1.12. The minimum absolute atomic E-state index is 0.110. The number of benzene rings is 2. The van der Waals surface area contributed by atoms with Gasteiger partial charge in [0.15, 0.2) is 5.69 Å². The highest BCUT2D eigenvalue weighted by molar-refractivity contribution is 6.04. The zero-order valence-corrected chi connectivity index (χ0v) is 15.3. The smallest absolute Gasteiger partial charge is 0.274 e. The van der Waals surface area contributed by atoms with Gasteiger partial charge >= 0.3 is 0 Å². The predicted molar refractivity (Wildman–Crippen MR) is 103 cm³/mol. The van der Waals surface area contributed by atoms with E-state index in [0.29, 0.717) is 16.7 Å². The normalized spacial score (nSPS) is 12.3. The maximum absolute atomic E-state index is 13.0. The van der Waals surface area contributed by atoms with Crippen LogP contribution in [0, 0.1) is 5.92 Å². The molecule has 1 unspecified atom stereocenters. The summed E-state index contributed by atoms with van der Waals surface area (Å²) >= 11 is 0. The van der Waals surface area contributed by atoms with E-state index < -0.39 is 0 Å². The first-order valence-corrected chi connectivity index (χ1v) is 8.79. The summed E-state index contributed by atoms with van der Waals surface area (Å²) in [7, 11) is 1.56. The molecule has 0 spiro atoms. The zero-order chi connectivity index (χ0) is 18.7. The maximum atomic E-state index is 13.0. The van der Waals surface area contributed by atoms with Crippen LogP contribution in [0.25, 0.3) is 10.8 Å². The quantitative estimate of drug-likeness (QED) is 0.767. The van der Waals surface area contributed by atoms with Crippen LogP contribution in [0.2, 0.25) is 0 Å². The summed E-state index contributed by atoms with van der Waals surface area (Å²) in [6.07, 6.45) is 0.819. The van der Waals surface area contributed by atoms with Crippen molar-refractivity contribution in [2.24, 2.45) is 13.0 Å². The fourth-order valence-electron chi connectivity index (χ4n) is 3.13. The van der Waals surface area contributed by atoms with Crippen LogP contribution >= 0.6 is 0 Å². The predicted octanol–water partition coefficient (Wildman–Crippen LogP) is 3.45. The van der Waals surface area contributed by atoms with Crippen LogP contribution in [0.4, 0.5) is 0 Å². The van der Waals surface area contributed by atoms with Crippen LogP contribution in [0.3, 0.4) is 0 Å². The van der Waals surface area contributed by atoms with E-state index in [9.17, 15) is 9.59 Å². The Morgan fingerprint density at radius 1 is 1.04 bits per heavy atom. The number of aryl methyl sites for hydroxylation is 1. The van der Waals surface area contributed by atoms with E-state index in [-0.39, 0.29) is 23.2 Å². The second kappa shape index (κ2) is 7.52. The van der Waals surface area contributed by atoms with Crippen molar-refractivity contribution >= 4 is 16.7 Å². The van der Waals surface area contributed by atoms with Gasteiger partial charge in [0.25, 0.3) is 11.5 Å². The lowest BCUT2D eigenvalue weighted by atomic mass is 9.96. The molecule has 0 radical (unpaired) electrons. The van der Waals surface area contributed by atoms with Crippen molar-refractivity contribution in [1.82, 2.24) is 15.1 Å². The molecule has 1 atom stereocenters. The van der Waals surface area contributed by atoms with Gasteiger partial charge in [-0.15, -0.1) is 0 Å². The summed E-state index contributed by atoms with van der Waals surface area (Å²) in [6, 6.07) is 16.9. The fraction of sp³-hybridized carbons (Fsp3) is 0.286. The lowest BCUT2D eigenvalue weighted by molar-refractivity contribution is 0.0926. The van der Waals surface area contributed by atoms with Crippen LogP contribution in [0.5, 0.6) is 0 Å². The van der Waals surface area contributed by atoms with Crippen LogP contribution in [0.15, 0.2) is 59.4 Å². The van der Waals surface area contributed by atoms with Gasteiger partial charge in [-0.1, -0.05) is 62.4 Å². The van der Waals surface area contributed by atoms with Crippen molar-refractivity contribution in [3.05, 3.63) is 76.2 Å². The van der Waals surface area contributed by atoms with Gasteiger partial charge in [-0.3, -0.25) is 9.59 Å². The first-order chi connectivity index (χ1) is 12.5. The minimum atomic E-state index is -0.272. The number of aromatic nitrogens is 2. The molecule has 0 aliphatic heterocycles. The van der Waals surface area contributed by atoms with E-state index in [0.717, 1.165) is 12.0 Å². The van der Waals surface area contributed by atoms with Crippen molar-refractivity contribution in [2.75, 3.05) is 0 Å². The van der Waals surface area contributed by atoms with Gasteiger partial charge in [0, 0.05) is 12.4 Å². The molecule has 0 saturated carbocycles. The molecule has 1 amide bonds. The molecular formula is C21H23N3O2. The number of nitrogens with one attached hydrogen (secondary N) is 1. The molecule has 0 aliphatic rings. The number of hydrogen-bond donors (Lipinski definition) is 1. The van der Waals surface area contributed by atoms with E-state index >= 15 is 0 Å². The van der Waals surface area contributed by atoms with Crippen molar-refractivity contribution in [1.29, 1.82) is 0 Å². The average molecular weight is 349 g/mol. The largest absolute Gasteiger partial charge is 0.344 e. The lowest BCUT2D eigenvalue weighted by Gasteiger charge is -2.21. The van der Waals surface area contributed by atoms with E-state index in [1.807, 2.05) is 36.4 Å². The Hall–Kier alpha value is -2.95. The Morgan fingerprint density at radius 3 is 2.31 bits per heavy atom. The van der Waals surface area contributed by atoms with Crippen molar-refractivity contribution in [2.45, 2.75) is 26.3 Å². The molecule has 3 rings (SSSR count). The molecule has 0 aliphatic carbocycles. The Morgan fingerprint density at radius 2 is 1.65 bits per heavy atom. The van der Waals surface area contributed by atoms with E-state index in [1.54, 1.807) is 25.2 Å². The highest BCUT2D eigenvalue weighted by Gasteiger charge is 2.21. The Kier molecular flexibility index (Phi) is 5.16. The minimum Gasteiger partial charge on any atom is -0.344 e. The maximum Gasteiger partial charge on any atom is 0.274 e. The number of carbonyl (C=O) groups is 1. The average Bonchev–Trinajstić information content (AvgIpc) is 2.64. The fourth-order valence-corrected chi connectivity index (χ4v) is 3.13. The third-order valence-electron chi connectivity index (χ3n) is 4.39. The second-order valence-corrected chi connectivity index (χ2v) is 6.89. The molecule has 0 fully saturated rings. The number of nitrogens with zero attached hydrogens (tertiary/aromatic N) is 2. The lowest BCUT2D eigenvalue weighted by Crippen LogP contribution is -2.32. The highest BCUT2D eigenvalue weighted by Crippen LogP contribution is 2.22. The molecule has 1 N–H and O–H groups in total. The SMILES string of the molecule is CC(C)CC(NC(=O)c1nn(C)c(=O)c2ccccc12)c1ccccc1. The molecule has 0 bridgehead atoms. The summed E-state index contributed by atoms with van der Waals surface area (Å²) in [4.78, 5) is 25.3. The van der Waals surface area contributed by atoms with Gasteiger partial charge in [-0.2, -0.15) is 5.10 Å². The third-order valence-corrected chi connectivity index (χ3v) is 4.39. The van der Waals surface area contributed by atoms with Gasteiger partial charge in [0.05, 0.1) is 11.4 Å². The van der Waals surface area contributed by atoms with E-state index in [4.69, 9.17) is 0 Å². The zero-order valence-electron chi connectivity index (χ0n) is 15.3. The summed E-state index contributed by atoms with van der Waals surface area (Å²) in [6.45, 7) is 4.25. The Labute approximate surface area is 152 Å². The van der Waals surface area contributed by atoms with Crippen molar-refractivity contribution < 1.29 is 4.79 Å². The molecule has 1 heterocycles. The monoisotopic (exact) mass is 349 g/mol. The van der Waals surface area contributed by atoms with Crippen molar-refractivity contribution in [3.8, 4) is 0 Å². The Bertz CT molecular complexity index is 977. The van der Waals surface area contributed by atoms with Gasteiger partial charge in [-0.05, 0) is 24.0 Å². The van der Waals surface area contributed by atoms with Crippen LogP contribution < -0.4 is 10.9 Å². The van der Waals surface area contributed by atoms with Crippen LogP contribution in [-0.2, 0) is 7.05 Å². The van der Waals surface area contributed by atoms with E-state index in [2.05, 4.69) is 24.3 Å². The molecule has 5 heteroatoms. The van der Waals surface area contributed by atoms with Crippen LogP contribution in [0.1, 0.15) is 42.4 Å². The summed E-state index contributed by atoms with van der Waals surface area (Å²) in [5.74, 6) is 0.150. The molecule has 2 aromatic carbocycles. The van der Waals surface area contributed by atoms with Gasteiger partial charge in [-0.25, -0.2) is 4.68 Å². The molecule has 3 aromatic rings. The standard InChI is InChI=1S/C21H23N3O2/c1-14(2)13-18(15-9-5-4-6-10-15)22-20(25)19-16-11-7-8-12-17(16)21(26)24(3)23-19/h4-12,14,18H,13H2,1-3H3,(H,22,25). The molecule has 1 aromatic heterocycles. The van der Waals surface area contributed by atoms with Gasteiger partial charge < -0.3 is 5.32 Å². The number of fused-ring (bicyclic) bond motifs is 1. The molecule has 5 nitrogen and oxygen atoms in total. The van der Waals surface area contributed by atoms with Gasteiger partial charge in [0.2, 0.25) is 0 Å². The first-order valence-electron chi connectivity index (χ1n) is 8.79. The van der Waals surface area contributed by atoms with E-state index in [1.165, 1.54) is 4.68 Å². The van der Waals surface area contributed by atoms with Crippen LogP contribution in [-0.4, -0.2) is 15.7 Å². The molecular weight excluding hydrogens is 326 g/mol. The Balaban J connectivity index is 1.99. The van der Waals surface area contributed by atoms with Gasteiger partial charge in [0.1, 0.15) is 0 Å². The number of rotatable bonds is 5. The number of hydrogen-bond acceptors (Lipinski definition) is 3. The number of amides is 1.